The molecule has 0 radical (unpaired) electrons. The molecule has 0 saturated carbocycles. The third kappa shape index (κ3) is 4.42. The van der Waals surface area contributed by atoms with E-state index in [4.69, 9.17) is 10.5 Å². The summed E-state index contributed by atoms with van der Waals surface area (Å²) in [7, 11) is -4.52. The number of sulfone groups is 1. The van der Waals surface area contributed by atoms with Crippen LogP contribution in [0.2, 0.25) is 0 Å². The van der Waals surface area contributed by atoms with Gasteiger partial charge in [-0.2, -0.15) is 18.3 Å². The molecule has 0 aliphatic carbocycles. The second-order valence-electron chi connectivity index (χ2n) is 7.70. The van der Waals surface area contributed by atoms with Gasteiger partial charge < -0.3 is 15.5 Å². The number of aromatic amines is 1. The number of carbonyl (C=O) groups excluding carboxylic acids is 1. The number of hydrogen-bond acceptors (Lipinski definition) is 7. The van der Waals surface area contributed by atoms with Crippen LogP contribution in [-0.2, 0) is 32.4 Å². The van der Waals surface area contributed by atoms with Gasteiger partial charge in [0.05, 0.1) is 22.2 Å². The number of aryl methyl sites for hydroxylation is 1. The Kier molecular flexibility index (Phi) is 6.59. The average Bonchev–Trinajstić information content (AvgIpc) is 3.20. The minimum atomic E-state index is -4.87. The molecule has 2 aromatic heterocycles. The number of primary amides is 1. The summed E-state index contributed by atoms with van der Waals surface area (Å²) in [6.45, 7) is 3.37. The van der Waals surface area contributed by atoms with Crippen molar-refractivity contribution < 1.29 is 31.1 Å². The second-order valence-corrected chi connectivity index (χ2v) is 9.88. The van der Waals surface area contributed by atoms with Crippen molar-refractivity contribution in [3.63, 3.8) is 0 Å². The molecule has 0 spiro atoms. The smallest absolute Gasteiger partial charge is 0.407 e. The lowest BCUT2D eigenvalue weighted by Gasteiger charge is -2.31. The number of nitrogens with one attached hydrogen (secondary N) is 1. The summed E-state index contributed by atoms with van der Waals surface area (Å²) >= 11 is 0. The number of fused-ring (bicyclic) bond motifs is 1. The first-order valence-electron chi connectivity index (χ1n) is 10.3. The highest BCUT2D eigenvalue weighted by atomic mass is 32.2. The lowest BCUT2D eigenvalue weighted by atomic mass is 10.0. The SMILES string of the molecule is CCCC(OC(N)=O)(n1c(=O)[nH]c2cc(C(F)(F)F)c(-c3ccnn3CC)cc2c1=O)S(C)(=O)=O. The number of nitrogens with two attached hydrogens (primary N) is 1. The Labute approximate surface area is 196 Å². The quantitative estimate of drug-likeness (QED) is 0.486. The number of amides is 1. The summed E-state index contributed by atoms with van der Waals surface area (Å²) < 4.78 is 73.5. The predicted octanol–water partition coefficient (Wildman–Crippen LogP) is 2.14. The van der Waals surface area contributed by atoms with E-state index in [0.29, 0.717) is 12.3 Å². The summed E-state index contributed by atoms with van der Waals surface area (Å²) in [5.41, 5.74) is 0.340. The molecule has 0 fully saturated rings. The van der Waals surface area contributed by atoms with Crippen molar-refractivity contribution in [2.24, 2.45) is 5.73 Å². The van der Waals surface area contributed by atoms with E-state index in [1.54, 1.807) is 6.92 Å². The lowest BCUT2D eigenvalue weighted by Crippen LogP contribution is -2.56. The number of H-pyrrole nitrogens is 1. The van der Waals surface area contributed by atoms with Crippen LogP contribution in [0.5, 0.6) is 0 Å². The van der Waals surface area contributed by atoms with Gasteiger partial charge in [-0.25, -0.2) is 22.6 Å². The van der Waals surface area contributed by atoms with E-state index in [-0.39, 0.29) is 23.2 Å². The Morgan fingerprint density at radius 1 is 1.23 bits per heavy atom. The Morgan fingerprint density at radius 3 is 2.40 bits per heavy atom. The number of carbonyl (C=O) groups is 1. The monoisotopic (exact) mass is 517 g/mol. The molecular weight excluding hydrogens is 495 g/mol. The molecule has 3 rings (SSSR count). The van der Waals surface area contributed by atoms with Crippen LogP contribution < -0.4 is 17.0 Å². The first kappa shape index (κ1) is 26.0. The van der Waals surface area contributed by atoms with Crippen molar-refractivity contribution >= 4 is 26.8 Å². The molecule has 2 heterocycles. The van der Waals surface area contributed by atoms with Crippen molar-refractivity contribution in [2.75, 3.05) is 6.26 Å². The average molecular weight is 517 g/mol. The van der Waals surface area contributed by atoms with Gasteiger partial charge in [-0.15, -0.1) is 0 Å². The van der Waals surface area contributed by atoms with Crippen molar-refractivity contribution in [3.8, 4) is 11.3 Å². The van der Waals surface area contributed by atoms with E-state index in [0.717, 1.165) is 6.07 Å². The summed E-state index contributed by atoms with van der Waals surface area (Å²) in [6.07, 6.45) is -5.02. The molecule has 3 aromatic rings. The molecule has 15 heteroatoms. The summed E-state index contributed by atoms with van der Waals surface area (Å²) in [5.74, 6) is 0. The number of aromatic nitrogens is 4. The van der Waals surface area contributed by atoms with Crippen LogP contribution in [0.15, 0.2) is 34.0 Å². The molecule has 1 aromatic carbocycles. The van der Waals surface area contributed by atoms with E-state index in [9.17, 15) is 36.0 Å². The molecule has 0 aliphatic heterocycles. The molecule has 0 saturated heterocycles. The molecule has 0 aliphatic rings. The normalized spacial score (nSPS) is 14.1. The van der Waals surface area contributed by atoms with Crippen molar-refractivity contribution in [2.45, 2.75) is 44.5 Å². The highest BCUT2D eigenvalue weighted by Gasteiger charge is 2.48. The van der Waals surface area contributed by atoms with Gasteiger partial charge in [0.15, 0.2) is 0 Å². The van der Waals surface area contributed by atoms with Gasteiger partial charge in [-0.1, -0.05) is 6.92 Å². The number of nitrogens with zero attached hydrogens (tertiary/aromatic N) is 3. The van der Waals surface area contributed by atoms with Crippen LogP contribution >= 0.6 is 0 Å². The third-order valence-electron chi connectivity index (χ3n) is 5.38. The van der Waals surface area contributed by atoms with Crippen molar-refractivity contribution in [3.05, 3.63) is 50.8 Å². The number of halogens is 3. The summed E-state index contributed by atoms with van der Waals surface area (Å²) in [5, 5.41) is 0.685. The maximum Gasteiger partial charge on any atom is 0.417 e. The molecular formula is C20H22F3N5O6S. The molecule has 35 heavy (non-hydrogen) atoms. The minimum Gasteiger partial charge on any atom is -0.407 e. The highest BCUT2D eigenvalue weighted by Crippen LogP contribution is 2.39. The van der Waals surface area contributed by atoms with E-state index in [1.807, 2.05) is 0 Å². The standard InChI is InChI=1S/C20H22F3N5O6S/c1-4-7-19(34-17(24)30,35(3,32)33)28-16(29)12-9-11(15-6-8-25-27(15)5-2)13(20(21,22)23)10-14(12)26-18(28)31/h6,8-10H,4-5,7H2,1-3H3,(H2,24,30)(H,26,31). The van der Waals surface area contributed by atoms with Crippen LogP contribution in [0.4, 0.5) is 18.0 Å². The molecule has 1 atom stereocenters. The molecule has 1 unspecified atom stereocenters. The maximum atomic E-state index is 13.9. The summed E-state index contributed by atoms with van der Waals surface area (Å²) in [4.78, 5) is 40.1. The van der Waals surface area contributed by atoms with E-state index >= 15 is 0 Å². The van der Waals surface area contributed by atoms with Crippen LogP contribution in [0.1, 0.15) is 32.3 Å². The molecule has 3 N–H and O–H groups in total. The van der Waals surface area contributed by atoms with Gasteiger partial charge >= 0.3 is 18.0 Å². The van der Waals surface area contributed by atoms with Crippen LogP contribution in [-0.4, -0.2) is 40.1 Å². The Morgan fingerprint density at radius 2 is 1.89 bits per heavy atom. The Balaban J connectivity index is 2.53. The zero-order chi connectivity index (χ0) is 26.3. The topological polar surface area (TPSA) is 159 Å². The number of hydrogen-bond donors (Lipinski definition) is 2. The largest absolute Gasteiger partial charge is 0.417 e. The zero-order valence-electron chi connectivity index (χ0n) is 18.8. The maximum absolute atomic E-state index is 13.9. The first-order valence-corrected chi connectivity index (χ1v) is 12.2. The fourth-order valence-electron chi connectivity index (χ4n) is 3.94. The van der Waals surface area contributed by atoms with Gasteiger partial charge in [-0.3, -0.25) is 9.48 Å². The fourth-order valence-corrected chi connectivity index (χ4v) is 5.25. The molecule has 190 valence electrons. The minimum absolute atomic E-state index is 0.0260. The van der Waals surface area contributed by atoms with Crippen LogP contribution in [0.3, 0.4) is 0 Å². The van der Waals surface area contributed by atoms with Gasteiger partial charge in [0.1, 0.15) is 0 Å². The highest BCUT2D eigenvalue weighted by molar-refractivity contribution is 7.91. The molecule has 11 nitrogen and oxygen atoms in total. The Hall–Kier alpha value is -3.62. The summed E-state index contributed by atoms with van der Waals surface area (Å²) in [6, 6.07) is 2.79. The van der Waals surface area contributed by atoms with Crippen molar-refractivity contribution in [1.82, 2.24) is 19.3 Å². The number of benzene rings is 1. The van der Waals surface area contributed by atoms with Crippen LogP contribution in [0.25, 0.3) is 22.2 Å². The lowest BCUT2D eigenvalue weighted by molar-refractivity contribution is -0.137. The number of ether oxygens (including phenoxy) is 1. The van der Waals surface area contributed by atoms with E-state index < -0.39 is 66.9 Å². The predicted molar refractivity (Wildman–Crippen MR) is 119 cm³/mol. The number of rotatable bonds is 7. The van der Waals surface area contributed by atoms with Crippen molar-refractivity contribution in [1.29, 1.82) is 0 Å². The van der Waals surface area contributed by atoms with Gasteiger partial charge in [0.2, 0.25) is 9.84 Å². The van der Waals surface area contributed by atoms with Gasteiger partial charge in [0.25, 0.3) is 10.6 Å². The van der Waals surface area contributed by atoms with Crippen LogP contribution in [0, 0.1) is 0 Å². The third-order valence-corrected chi connectivity index (χ3v) is 7.01. The fraction of sp³-hybridized carbons (Fsp3) is 0.400. The second kappa shape index (κ2) is 8.87. The first-order chi connectivity index (χ1) is 16.2. The zero-order valence-corrected chi connectivity index (χ0v) is 19.7. The van der Waals surface area contributed by atoms with E-state index in [1.165, 1.54) is 23.9 Å². The Bertz CT molecular complexity index is 1520. The van der Waals surface area contributed by atoms with E-state index in [2.05, 4.69) is 10.1 Å². The molecule has 0 bridgehead atoms. The van der Waals surface area contributed by atoms with Gasteiger partial charge in [-0.05, 0) is 31.5 Å². The molecule has 1 amide bonds. The van der Waals surface area contributed by atoms with Gasteiger partial charge in [0, 0.05) is 31.0 Å². The number of alkyl halides is 3.